The molecule has 0 amide bonds. The van der Waals surface area contributed by atoms with Gasteiger partial charge in [-0.25, -0.2) is 15.0 Å². The van der Waals surface area contributed by atoms with Gasteiger partial charge in [0.1, 0.15) is 11.5 Å². The van der Waals surface area contributed by atoms with Crippen LogP contribution in [0.2, 0.25) is 0 Å². The molecular weight excluding hydrogens is 319 g/mol. The summed E-state index contributed by atoms with van der Waals surface area (Å²) in [4.78, 5) is 11.5. The van der Waals surface area contributed by atoms with E-state index in [0.29, 0.717) is 0 Å². The smallest absolute Gasteiger partial charge is 0.350 e. The van der Waals surface area contributed by atoms with E-state index in [1.807, 2.05) is 42.0 Å². The van der Waals surface area contributed by atoms with Gasteiger partial charge in [-0.05, 0) is 24.6 Å². The van der Waals surface area contributed by atoms with E-state index in [0.717, 1.165) is 29.3 Å². The van der Waals surface area contributed by atoms with E-state index in [-0.39, 0.29) is 12.5 Å². The van der Waals surface area contributed by atoms with Crippen LogP contribution in [-0.4, -0.2) is 19.5 Å². The zero-order valence-corrected chi connectivity index (χ0v) is 12.7. The zero-order valence-electron chi connectivity index (χ0n) is 12.7. The highest BCUT2D eigenvalue weighted by Crippen LogP contribution is 2.27. The van der Waals surface area contributed by atoms with Crippen LogP contribution in [0.25, 0.3) is 5.69 Å². The molecule has 1 N–H and O–H groups in total. The molecule has 124 valence electrons. The van der Waals surface area contributed by atoms with E-state index < -0.39 is 11.9 Å². The number of para-hydroxylation sites is 1. The molecule has 0 aliphatic heterocycles. The minimum absolute atomic E-state index is 0.0676. The average Bonchev–Trinajstić information content (AvgIpc) is 2.98. The van der Waals surface area contributed by atoms with Crippen LogP contribution < -0.4 is 5.32 Å². The highest BCUT2D eigenvalue weighted by Gasteiger charge is 2.32. The summed E-state index contributed by atoms with van der Waals surface area (Å²) in [5.74, 6) is 0.750. The summed E-state index contributed by atoms with van der Waals surface area (Å²) in [7, 11) is 0. The Morgan fingerprint density at radius 1 is 1.08 bits per heavy atom. The lowest BCUT2D eigenvalue weighted by atomic mass is 10.1. The Labute approximate surface area is 136 Å². The first-order valence-corrected chi connectivity index (χ1v) is 7.17. The molecule has 2 heterocycles. The largest absolute Gasteiger partial charge is 0.433 e. The van der Waals surface area contributed by atoms with Gasteiger partial charge in [0.2, 0.25) is 5.95 Å². The quantitative estimate of drug-likeness (QED) is 0.792. The molecule has 3 aromatic rings. The standard InChI is InChI=1S/C16H14F3N5/c1-11-20-8-9-24(11)13-5-3-2-4-12(13)10-22-15-21-7-6-14(23-15)16(17,18)19/h2-9H,10H2,1H3,(H,21,22,23). The van der Waals surface area contributed by atoms with Crippen molar-refractivity contribution in [3.63, 3.8) is 0 Å². The van der Waals surface area contributed by atoms with Gasteiger partial charge < -0.3 is 9.88 Å². The number of imidazole rings is 1. The van der Waals surface area contributed by atoms with Crippen molar-refractivity contribution in [2.45, 2.75) is 19.6 Å². The van der Waals surface area contributed by atoms with E-state index >= 15 is 0 Å². The predicted molar refractivity (Wildman–Crippen MR) is 82.7 cm³/mol. The van der Waals surface area contributed by atoms with E-state index in [9.17, 15) is 13.2 Å². The number of alkyl halides is 3. The van der Waals surface area contributed by atoms with Crippen molar-refractivity contribution >= 4 is 5.95 Å². The van der Waals surface area contributed by atoms with Crippen molar-refractivity contribution in [3.05, 3.63) is 66.0 Å². The summed E-state index contributed by atoms with van der Waals surface area (Å²) < 4.78 is 40.0. The number of benzene rings is 1. The molecule has 2 aromatic heterocycles. The number of rotatable bonds is 4. The van der Waals surface area contributed by atoms with Crippen molar-refractivity contribution < 1.29 is 13.2 Å². The number of halogens is 3. The maximum atomic E-state index is 12.7. The Morgan fingerprint density at radius 2 is 1.88 bits per heavy atom. The third-order valence-corrected chi connectivity index (χ3v) is 3.46. The number of nitrogens with one attached hydrogen (secondary N) is 1. The van der Waals surface area contributed by atoms with E-state index in [1.54, 1.807) is 6.20 Å². The second-order valence-electron chi connectivity index (χ2n) is 5.09. The summed E-state index contributed by atoms with van der Waals surface area (Å²) in [5.41, 5.74) is 0.810. The van der Waals surface area contributed by atoms with Gasteiger partial charge in [0.25, 0.3) is 0 Å². The fourth-order valence-electron chi connectivity index (χ4n) is 2.30. The lowest BCUT2D eigenvalue weighted by molar-refractivity contribution is -0.141. The molecule has 0 bridgehead atoms. The number of anilines is 1. The van der Waals surface area contributed by atoms with Crippen LogP contribution in [0.15, 0.2) is 48.9 Å². The summed E-state index contributed by atoms with van der Waals surface area (Å²) in [6.07, 6.45) is 0.111. The molecule has 0 aliphatic carbocycles. The second-order valence-corrected chi connectivity index (χ2v) is 5.09. The van der Waals surface area contributed by atoms with E-state index in [1.165, 1.54) is 0 Å². The Bertz CT molecular complexity index is 841. The van der Waals surface area contributed by atoms with Crippen LogP contribution >= 0.6 is 0 Å². The molecule has 24 heavy (non-hydrogen) atoms. The Balaban J connectivity index is 1.83. The van der Waals surface area contributed by atoms with E-state index in [4.69, 9.17) is 0 Å². The monoisotopic (exact) mass is 333 g/mol. The van der Waals surface area contributed by atoms with Crippen molar-refractivity contribution in [2.75, 3.05) is 5.32 Å². The van der Waals surface area contributed by atoms with Crippen LogP contribution in [0, 0.1) is 6.92 Å². The Hall–Kier alpha value is -2.90. The lowest BCUT2D eigenvalue weighted by Gasteiger charge is -2.13. The molecule has 0 saturated carbocycles. The number of hydrogen-bond acceptors (Lipinski definition) is 4. The first-order valence-electron chi connectivity index (χ1n) is 7.17. The normalized spacial score (nSPS) is 11.5. The van der Waals surface area contributed by atoms with Gasteiger partial charge >= 0.3 is 6.18 Å². The molecule has 5 nitrogen and oxygen atoms in total. The lowest BCUT2D eigenvalue weighted by Crippen LogP contribution is -2.12. The summed E-state index contributed by atoms with van der Waals surface area (Å²) in [6, 6.07) is 8.39. The van der Waals surface area contributed by atoms with Gasteiger partial charge in [0.05, 0.1) is 5.69 Å². The fourth-order valence-corrected chi connectivity index (χ4v) is 2.30. The van der Waals surface area contributed by atoms with Crippen LogP contribution in [0.5, 0.6) is 0 Å². The summed E-state index contributed by atoms with van der Waals surface area (Å²) in [5, 5.41) is 2.84. The topological polar surface area (TPSA) is 55.6 Å². The van der Waals surface area contributed by atoms with Gasteiger partial charge in [0, 0.05) is 25.1 Å². The number of nitrogens with zero attached hydrogens (tertiary/aromatic N) is 4. The van der Waals surface area contributed by atoms with Crippen molar-refractivity contribution in [2.24, 2.45) is 0 Å². The van der Waals surface area contributed by atoms with Gasteiger partial charge in [-0.15, -0.1) is 0 Å². The van der Waals surface area contributed by atoms with Gasteiger partial charge in [-0.3, -0.25) is 0 Å². The SMILES string of the molecule is Cc1nccn1-c1ccccc1CNc1nccc(C(F)(F)F)n1. The molecule has 0 spiro atoms. The summed E-state index contributed by atoms with van der Waals surface area (Å²) >= 11 is 0. The molecule has 0 radical (unpaired) electrons. The minimum atomic E-state index is -4.49. The number of aryl methyl sites for hydroxylation is 1. The Morgan fingerprint density at radius 3 is 2.58 bits per heavy atom. The molecule has 8 heteroatoms. The van der Waals surface area contributed by atoms with Crippen LogP contribution in [0.1, 0.15) is 17.1 Å². The molecule has 0 unspecified atom stereocenters. The van der Waals surface area contributed by atoms with Crippen LogP contribution in [0.3, 0.4) is 0 Å². The first-order chi connectivity index (χ1) is 11.4. The third-order valence-electron chi connectivity index (χ3n) is 3.46. The molecular formula is C16H14F3N5. The highest BCUT2D eigenvalue weighted by molar-refractivity contribution is 5.44. The molecule has 0 fully saturated rings. The Kier molecular flexibility index (Phi) is 4.20. The third kappa shape index (κ3) is 3.37. The maximum absolute atomic E-state index is 12.7. The highest BCUT2D eigenvalue weighted by atomic mass is 19.4. The molecule has 0 saturated heterocycles. The molecule has 0 aliphatic rings. The average molecular weight is 333 g/mol. The van der Waals surface area contributed by atoms with E-state index in [2.05, 4.69) is 20.3 Å². The van der Waals surface area contributed by atoms with Gasteiger partial charge in [-0.2, -0.15) is 13.2 Å². The van der Waals surface area contributed by atoms with Crippen LogP contribution in [-0.2, 0) is 12.7 Å². The number of hydrogen-bond donors (Lipinski definition) is 1. The zero-order chi connectivity index (χ0) is 17.2. The second kappa shape index (κ2) is 6.31. The van der Waals surface area contributed by atoms with Crippen molar-refractivity contribution in [3.8, 4) is 5.69 Å². The first kappa shape index (κ1) is 16.0. The fraction of sp³-hybridized carbons (Fsp3) is 0.188. The van der Waals surface area contributed by atoms with Crippen LogP contribution in [0.4, 0.5) is 19.1 Å². The summed E-state index contributed by atoms with van der Waals surface area (Å²) in [6.45, 7) is 2.16. The minimum Gasteiger partial charge on any atom is -0.350 e. The van der Waals surface area contributed by atoms with Gasteiger partial charge in [-0.1, -0.05) is 18.2 Å². The molecule has 1 aromatic carbocycles. The molecule has 0 atom stereocenters. The van der Waals surface area contributed by atoms with Gasteiger partial charge in [0.15, 0.2) is 0 Å². The predicted octanol–water partition coefficient (Wildman–Crippen LogP) is 3.60. The van der Waals surface area contributed by atoms with Crippen molar-refractivity contribution in [1.29, 1.82) is 0 Å². The maximum Gasteiger partial charge on any atom is 0.433 e. The number of aromatic nitrogens is 4. The van der Waals surface area contributed by atoms with Crippen molar-refractivity contribution in [1.82, 2.24) is 19.5 Å². The molecule has 3 rings (SSSR count).